The summed E-state index contributed by atoms with van der Waals surface area (Å²) in [5, 5.41) is 11.5. The Kier molecular flexibility index (Phi) is 4.19. The lowest BCUT2D eigenvalue weighted by atomic mass is 10.00. The smallest absolute Gasteiger partial charge is 0.256 e. The number of aromatic nitrogens is 2. The molecule has 0 unspecified atom stereocenters. The second-order valence-corrected chi connectivity index (χ2v) is 6.55. The van der Waals surface area contributed by atoms with Gasteiger partial charge in [-0.2, -0.15) is 5.10 Å². The van der Waals surface area contributed by atoms with E-state index in [0.29, 0.717) is 16.4 Å². The second kappa shape index (κ2) is 6.65. The van der Waals surface area contributed by atoms with Gasteiger partial charge in [-0.25, -0.2) is 0 Å². The van der Waals surface area contributed by atoms with Crippen LogP contribution in [-0.2, 0) is 0 Å². The van der Waals surface area contributed by atoms with Crippen LogP contribution in [-0.4, -0.2) is 16.1 Å². The second-order valence-electron chi connectivity index (χ2n) is 6.11. The van der Waals surface area contributed by atoms with Gasteiger partial charge in [-0.15, -0.1) is 0 Å². The quantitative estimate of drug-likeness (QED) is 0.510. The Morgan fingerprint density at radius 1 is 1.04 bits per heavy atom. The molecule has 3 aromatic carbocycles. The maximum Gasteiger partial charge on any atom is 0.256 e. The van der Waals surface area contributed by atoms with Crippen molar-refractivity contribution in [3.05, 3.63) is 82.9 Å². The topological polar surface area (TPSA) is 57.8 Å². The Labute approximate surface area is 155 Å². The highest BCUT2D eigenvalue weighted by molar-refractivity contribution is 6.31. The number of H-pyrrole nitrogens is 1. The van der Waals surface area contributed by atoms with E-state index >= 15 is 0 Å². The molecule has 0 bridgehead atoms. The number of fused-ring (bicyclic) bond motifs is 1. The van der Waals surface area contributed by atoms with Crippen LogP contribution in [0.1, 0.15) is 15.9 Å². The number of benzene rings is 3. The molecule has 0 aliphatic rings. The van der Waals surface area contributed by atoms with Crippen molar-refractivity contribution in [1.82, 2.24) is 10.2 Å². The fourth-order valence-electron chi connectivity index (χ4n) is 2.99. The van der Waals surface area contributed by atoms with Crippen molar-refractivity contribution in [2.24, 2.45) is 0 Å². The minimum absolute atomic E-state index is 0.246. The molecular weight excluding hydrogens is 346 g/mol. The number of hydrogen-bond donors (Lipinski definition) is 2. The molecule has 26 heavy (non-hydrogen) atoms. The van der Waals surface area contributed by atoms with Crippen LogP contribution < -0.4 is 5.32 Å². The molecule has 1 heterocycles. The molecule has 0 aliphatic carbocycles. The monoisotopic (exact) mass is 361 g/mol. The highest BCUT2D eigenvalue weighted by atomic mass is 35.5. The molecule has 0 spiro atoms. The average molecular weight is 362 g/mol. The number of hydrogen-bond acceptors (Lipinski definition) is 2. The van der Waals surface area contributed by atoms with Gasteiger partial charge in [0.15, 0.2) is 5.82 Å². The number of aryl methyl sites for hydroxylation is 1. The van der Waals surface area contributed by atoms with Crippen LogP contribution in [0.4, 0.5) is 5.82 Å². The Bertz CT molecular complexity index is 1120. The van der Waals surface area contributed by atoms with Gasteiger partial charge in [0.2, 0.25) is 0 Å². The SMILES string of the molecule is Cc1ccccc1-c1ccc2c(NC(=O)c3cccc(Cl)c3)n[nH]c2c1. The third-order valence-electron chi connectivity index (χ3n) is 4.34. The molecule has 4 rings (SSSR count). The molecule has 0 saturated heterocycles. The molecular formula is C21H16ClN3O. The van der Waals surface area contributed by atoms with Gasteiger partial charge in [-0.3, -0.25) is 9.89 Å². The van der Waals surface area contributed by atoms with E-state index in [1.165, 1.54) is 11.1 Å². The third kappa shape index (κ3) is 3.07. The number of aromatic amines is 1. The maximum absolute atomic E-state index is 12.4. The molecule has 0 atom stereocenters. The molecule has 1 aromatic heterocycles. The highest BCUT2D eigenvalue weighted by Crippen LogP contribution is 2.29. The molecule has 128 valence electrons. The highest BCUT2D eigenvalue weighted by Gasteiger charge is 2.12. The zero-order chi connectivity index (χ0) is 18.1. The molecule has 1 amide bonds. The van der Waals surface area contributed by atoms with E-state index < -0.39 is 0 Å². The number of anilines is 1. The molecule has 2 N–H and O–H groups in total. The molecule has 0 aliphatic heterocycles. The summed E-state index contributed by atoms with van der Waals surface area (Å²) >= 11 is 5.95. The van der Waals surface area contributed by atoms with Crippen LogP contribution in [0.5, 0.6) is 0 Å². The van der Waals surface area contributed by atoms with Crippen LogP contribution in [0, 0.1) is 6.92 Å². The maximum atomic E-state index is 12.4. The number of amides is 1. The summed E-state index contributed by atoms with van der Waals surface area (Å²) in [6.45, 7) is 2.09. The summed E-state index contributed by atoms with van der Waals surface area (Å²) in [5.74, 6) is 0.255. The van der Waals surface area contributed by atoms with E-state index in [1.807, 2.05) is 30.3 Å². The first-order valence-corrected chi connectivity index (χ1v) is 8.61. The predicted octanol–water partition coefficient (Wildman–Crippen LogP) is 5.44. The molecule has 0 fully saturated rings. The van der Waals surface area contributed by atoms with E-state index in [-0.39, 0.29) is 5.91 Å². The third-order valence-corrected chi connectivity index (χ3v) is 4.57. The summed E-state index contributed by atoms with van der Waals surface area (Å²) in [7, 11) is 0. The van der Waals surface area contributed by atoms with E-state index in [2.05, 4.69) is 34.6 Å². The number of nitrogens with zero attached hydrogens (tertiary/aromatic N) is 1. The van der Waals surface area contributed by atoms with Crippen molar-refractivity contribution in [3.8, 4) is 11.1 Å². The fraction of sp³-hybridized carbons (Fsp3) is 0.0476. The Morgan fingerprint density at radius 2 is 1.88 bits per heavy atom. The molecule has 5 heteroatoms. The largest absolute Gasteiger partial charge is 0.305 e. The number of rotatable bonds is 3. The van der Waals surface area contributed by atoms with Crippen molar-refractivity contribution in [2.75, 3.05) is 5.32 Å². The van der Waals surface area contributed by atoms with E-state index in [9.17, 15) is 4.79 Å². The normalized spacial score (nSPS) is 10.8. The lowest BCUT2D eigenvalue weighted by Gasteiger charge is -2.06. The van der Waals surface area contributed by atoms with E-state index in [0.717, 1.165) is 16.5 Å². The lowest BCUT2D eigenvalue weighted by molar-refractivity contribution is 0.102. The Balaban J connectivity index is 1.66. The van der Waals surface area contributed by atoms with E-state index in [1.54, 1.807) is 24.3 Å². The van der Waals surface area contributed by atoms with Crippen LogP contribution in [0.15, 0.2) is 66.7 Å². The summed E-state index contributed by atoms with van der Waals surface area (Å²) in [4.78, 5) is 12.4. The van der Waals surface area contributed by atoms with Crippen molar-refractivity contribution < 1.29 is 4.79 Å². The Hall–Kier alpha value is -3.11. The molecule has 0 radical (unpaired) electrons. The number of carbonyl (C=O) groups is 1. The van der Waals surface area contributed by atoms with Gasteiger partial charge in [0.1, 0.15) is 0 Å². The van der Waals surface area contributed by atoms with Gasteiger partial charge < -0.3 is 5.32 Å². The van der Waals surface area contributed by atoms with Crippen LogP contribution in [0.25, 0.3) is 22.0 Å². The van der Waals surface area contributed by atoms with Crippen molar-refractivity contribution in [3.63, 3.8) is 0 Å². The number of nitrogens with one attached hydrogen (secondary N) is 2. The van der Waals surface area contributed by atoms with Crippen LogP contribution >= 0.6 is 11.6 Å². The van der Waals surface area contributed by atoms with Crippen molar-refractivity contribution >= 4 is 34.2 Å². The number of carbonyl (C=O) groups excluding carboxylic acids is 1. The molecule has 4 aromatic rings. The van der Waals surface area contributed by atoms with Crippen LogP contribution in [0.3, 0.4) is 0 Å². The number of halogens is 1. The van der Waals surface area contributed by atoms with Gasteiger partial charge in [0, 0.05) is 16.0 Å². The first-order valence-electron chi connectivity index (χ1n) is 8.23. The molecule has 0 saturated carbocycles. The van der Waals surface area contributed by atoms with Gasteiger partial charge in [0.05, 0.1) is 5.52 Å². The van der Waals surface area contributed by atoms with Crippen molar-refractivity contribution in [2.45, 2.75) is 6.92 Å². The first-order chi connectivity index (χ1) is 12.6. The summed E-state index contributed by atoms with van der Waals surface area (Å²) in [5.41, 5.74) is 4.85. The van der Waals surface area contributed by atoms with Gasteiger partial charge in [0.25, 0.3) is 5.91 Å². The van der Waals surface area contributed by atoms with Crippen LogP contribution in [0.2, 0.25) is 5.02 Å². The fourth-order valence-corrected chi connectivity index (χ4v) is 3.18. The first kappa shape index (κ1) is 16.4. The summed E-state index contributed by atoms with van der Waals surface area (Å²) < 4.78 is 0. The van der Waals surface area contributed by atoms with Crippen molar-refractivity contribution in [1.29, 1.82) is 0 Å². The minimum atomic E-state index is -0.246. The lowest BCUT2D eigenvalue weighted by Crippen LogP contribution is -2.12. The average Bonchev–Trinajstić information content (AvgIpc) is 3.04. The molecule has 4 nitrogen and oxygen atoms in total. The summed E-state index contributed by atoms with van der Waals surface area (Å²) in [6.07, 6.45) is 0. The predicted molar refractivity (Wildman–Crippen MR) is 106 cm³/mol. The zero-order valence-corrected chi connectivity index (χ0v) is 14.8. The minimum Gasteiger partial charge on any atom is -0.305 e. The van der Waals surface area contributed by atoms with Gasteiger partial charge in [-0.05, 0) is 53.9 Å². The zero-order valence-electron chi connectivity index (χ0n) is 14.1. The van der Waals surface area contributed by atoms with Gasteiger partial charge in [-0.1, -0.05) is 48.0 Å². The van der Waals surface area contributed by atoms with E-state index in [4.69, 9.17) is 11.6 Å². The standard InChI is InChI=1S/C21H16ClN3O/c1-13-5-2-3-8-17(13)14-9-10-18-19(12-14)24-25-20(18)23-21(26)15-6-4-7-16(22)11-15/h2-12H,1H3,(H2,23,24,25,26). The van der Waals surface area contributed by atoms with Gasteiger partial charge >= 0.3 is 0 Å². The Morgan fingerprint density at radius 3 is 2.69 bits per heavy atom. The summed E-state index contributed by atoms with van der Waals surface area (Å²) in [6, 6.07) is 21.1.